The summed E-state index contributed by atoms with van der Waals surface area (Å²) in [5.74, 6) is 1.26. The first kappa shape index (κ1) is 18.6. The van der Waals surface area contributed by atoms with E-state index in [4.69, 9.17) is 9.51 Å². The van der Waals surface area contributed by atoms with Crippen LogP contribution >= 0.6 is 0 Å². The first-order chi connectivity index (χ1) is 13.5. The van der Waals surface area contributed by atoms with Gasteiger partial charge in [0.25, 0.3) is 5.91 Å². The number of hydrogen-bond donors (Lipinski definition) is 0. The van der Waals surface area contributed by atoms with Crippen molar-refractivity contribution < 1.29 is 14.1 Å². The number of carbonyl (C=O) groups excluding carboxylic acids is 2. The zero-order valence-electron chi connectivity index (χ0n) is 16.6. The van der Waals surface area contributed by atoms with E-state index >= 15 is 0 Å². The van der Waals surface area contributed by atoms with Crippen molar-refractivity contribution in [3.8, 4) is 0 Å². The molecule has 4 rings (SSSR count). The highest BCUT2D eigenvalue weighted by Crippen LogP contribution is 2.33. The number of carbonyl (C=O) groups is 2. The highest BCUT2D eigenvalue weighted by molar-refractivity contribution is 5.96. The Morgan fingerprint density at radius 1 is 1.32 bits per heavy atom. The molecule has 0 aliphatic carbocycles. The van der Waals surface area contributed by atoms with E-state index in [-0.39, 0.29) is 17.9 Å². The van der Waals surface area contributed by atoms with Gasteiger partial charge in [0.1, 0.15) is 11.3 Å². The minimum Gasteiger partial charge on any atom is -0.361 e. The number of rotatable bonds is 3. The summed E-state index contributed by atoms with van der Waals surface area (Å²) < 4.78 is 5.25. The third-order valence-corrected chi connectivity index (χ3v) is 5.69. The molecule has 1 saturated heterocycles. The Morgan fingerprint density at radius 3 is 2.89 bits per heavy atom. The second-order valence-corrected chi connectivity index (χ2v) is 7.46. The van der Waals surface area contributed by atoms with Gasteiger partial charge < -0.3 is 14.3 Å². The molecule has 2 aliphatic rings. The standard InChI is InChI=1S/C20H25N5O3/c1-4-15-18(12(2)28-23-15)20(27)25-8-5-6-17(25)19-21-10-14-11-24(13(3)26)9-7-16(14)22-19/h10,17H,4-9,11H2,1-3H3. The van der Waals surface area contributed by atoms with Crippen LogP contribution in [0.25, 0.3) is 0 Å². The summed E-state index contributed by atoms with van der Waals surface area (Å²) in [6, 6.07) is -0.136. The van der Waals surface area contributed by atoms with Crippen LogP contribution in [0.3, 0.4) is 0 Å². The zero-order chi connectivity index (χ0) is 19.8. The van der Waals surface area contributed by atoms with Crippen molar-refractivity contribution in [2.45, 2.75) is 59.0 Å². The average Bonchev–Trinajstić information content (AvgIpc) is 3.33. The van der Waals surface area contributed by atoms with E-state index in [1.165, 1.54) is 0 Å². The summed E-state index contributed by atoms with van der Waals surface area (Å²) in [5, 5.41) is 4.02. The molecule has 1 fully saturated rings. The molecule has 8 nitrogen and oxygen atoms in total. The molecule has 2 aromatic rings. The molecule has 28 heavy (non-hydrogen) atoms. The highest BCUT2D eigenvalue weighted by Gasteiger charge is 2.36. The summed E-state index contributed by atoms with van der Waals surface area (Å²) in [6.45, 7) is 7.23. The molecule has 2 aromatic heterocycles. The van der Waals surface area contributed by atoms with Crippen LogP contribution in [-0.2, 0) is 24.2 Å². The van der Waals surface area contributed by atoms with E-state index < -0.39 is 0 Å². The molecule has 0 spiro atoms. The minimum absolute atomic E-state index is 0.0535. The molecule has 148 valence electrons. The van der Waals surface area contributed by atoms with Gasteiger partial charge in [-0.2, -0.15) is 0 Å². The molecule has 2 aliphatic heterocycles. The molecule has 0 bridgehead atoms. The summed E-state index contributed by atoms with van der Waals surface area (Å²) >= 11 is 0. The monoisotopic (exact) mass is 383 g/mol. The van der Waals surface area contributed by atoms with Crippen molar-refractivity contribution in [3.05, 3.63) is 40.3 Å². The lowest BCUT2D eigenvalue weighted by molar-refractivity contribution is -0.129. The highest BCUT2D eigenvalue weighted by atomic mass is 16.5. The largest absolute Gasteiger partial charge is 0.361 e. The van der Waals surface area contributed by atoms with Crippen LogP contribution in [-0.4, -0.2) is 49.8 Å². The van der Waals surface area contributed by atoms with E-state index in [0.717, 1.165) is 30.5 Å². The molecule has 2 amide bonds. The smallest absolute Gasteiger partial charge is 0.260 e. The first-order valence-electron chi connectivity index (χ1n) is 9.86. The Hall–Kier alpha value is -2.77. The van der Waals surface area contributed by atoms with Crippen molar-refractivity contribution in [2.24, 2.45) is 0 Å². The van der Waals surface area contributed by atoms with Crippen LogP contribution < -0.4 is 0 Å². The van der Waals surface area contributed by atoms with E-state index in [2.05, 4.69) is 10.1 Å². The minimum atomic E-state index is -0.136. The van der Waals surface area contributed by atoms with Gasteiger partial charge in [-0.1, -0.05) is 12.1 Å². The average molecular weight is 383 g/mol. The summed E-state index contributed by atoms with van der Waals surface area (Å²) in [6.07, 6.45) is 4.95. The summed E-state index contributed by atoms with van der Waals surface area (Å²) in [4.78, 5) is 37.9. The maximum atomic E-state index is 13.2. The number of fused-ring (bicyclic) bond motifs is 1. The SMILES string of the molecule is CCc1noc(C)c1C(=O)N1CCCC1c1ncc2c(n1)CCN(C(C)=O)C2. The van der Waals surface area contributed by atoms with Crippen molar-refractivity contribution in [1.82, 2.24) is 24.9 Å². The number of nitrogens with zero attached hydrogens (tertiary/aromatic N) is 5. The van der Waals surface area contributed by atoms with Gasteiger partial charge in [-0.25, -0.2) is 9.97 Å². The quantitative estimate of drug-likeness (QED) is 0.807. The van der Waals surface area contributed by atoms with Crippen LogP contribution in [0.2, 0.25) is 0 Å². The molecular formula is C20H25N5O3. The van der Waals surface area contributed by atoms with Crippen molar-refractivity contribution in [3.63, 3.8) is 0 Å². The molecule has 0 radical (unpaired) electrons. The fraction of sp³-hybridized carbons (Fsp3) is 0.550. The van der Waals surface area contributed by atoms with Crippen LogP contribution in [0.15, 0.2) is 10.7 Å². The molecule has 4 heterocycles. The Kier molecular flexibility index (Phi) is 4.87. The zero-order valence-corrected chi connectivity index (χ0v) is 16.6. The number of aromatic nitrogens is 3. The lowest BCUT2D eigenvalue weighted by Gasteiger charge is -2.28. The molecular weight excluding hydrogens is 358 g/mol. The van der Waals surface area contributed by atoms with Gasteiger partial charge in [0.05, 0.1) is 17.4 Å². The maximum Gasteiger partial charge on any atom is 0.260 e. The van der Waals surface area contributed by atoms with Gasteiger partial charge in [0.2, 0.25) is 5.91 Å². The van der Waals surface area contributed by atoms with Crippen molar-refractivity contribution >= 4 is 11.8 Å². The molecule has 1 atom stereocenters. The molecule has 0 aromatic carbocycles. The van der Waals surface area contributed by atoms with Gasteiger partial charge >= 0.3 is 0 Å². The van der Waals surface area contributed by atoms with Crippen LogP contribution in [0.1, 0.15) is 71.6 Å². The van der Waals surface area contributed by atoms with E-state index in [1.54, 1.807) is 18.7 Å². The first-order valence-corrected chi connectivity index (χ1v) is 9.86. The fourth-order valence-electron chi connectivity index (χ4n) is 4.12. The Morgan fingerprint density at radius 2 is 2.14 bits per heavy atom. The Bertz CT molecular complexity index is 923. The van der Waals surface area contributed by atoms with E-state index in [9.17, 15) is 9.59 Å². The predicted molar refractivity (Wildman–Crippen MR) is 100 cm³/mol. The van der Waals surface area contributed by atoms with Gasteiger partial charge in [0, 0.05) is 44.7 Å². The number of amides is 2. The van der Waals surface area contributed by atoms with Crippen molar-refractivity contribution in [2.75, 3.05) is 13.1 Å². The summed E-state index contributed by atoms with van der Waals surface area (Å²) in [7, 11) is 0. The summed E-state index contributed by atoms with van der Waals surface area (Å²) in [5.41, 5.74) is 3.25. The van der Waals surface area contributed by atoms with Gasteiger partial charge in [-0.15, -0.1) is 0 Å². The fourth-order valence-corrected chi connectivity index (χ4v) is 4.12. The van der Waals surface area contributed by atoms with Gasteiger partial charge in [-0.3, -0.25) is 9.59 Å². The van der Waals surface area contributed by atoms with Crippen LogP contribution in [0.5, 0.6) is 0 Å². The number of aryl methyl sites for hydroxylation is 2. The van der Waals surface area contributed by atoms with E-state index in [1.807, 2.05) is 18.0 Å². The molecule has 1 unspecified atom stereocenters. The lowest BCUT2D eigenvalue weighted by atomic mass is 10.1. The lowest BCUT2D eigenvalue weighted by Crippen LogP contribution is -2.36. The Balaban J connectivity index is 1.60. The second-order valence-electron chi connectivity index (χ2n) is 7.46. The predicted octanol–water partition coefficient (Wildman–Crippen LogP) is 2.22. The maximum absolute atomic E-state index is 13.2. The number of likely N-dealkylation sites (tertiary alicyclic amines) is 1. The second kappa shape index (κ2) is 7.33. The van der Waals surface area contributed by atoms with Crippen LogP contribution in [0.4, 0.5) is 0 Å². The van der Waals surface area contributed by atoms with Gasteiger partial charge in [0.15, 0.2) is 5.82 Å². The Labute approximate surface area is 163 Å². The van der Waals surface area contributed by atoms with Crippen LogP contribution in [0, 0.1) is 6.92 Å². The van der Waals surface area contributed by atoms with Gasteiger partial charge in [-0.05, 0) is 26.2 Å². The van der Waals surface area contributed by atoms with Crippen molar-refractivity contribution in [1.29, 1.82) is 0 Å². The van der Waals surface area contributed by atoms with E-state index in [0.29, 0.717) is 48.9 Å². The normalized spacial score (nSPS) is 19.0. The topological polar surface area (TPSA) is 92.4 Å². The molecule has 8 heteroatoms. The third-order valence-electron chi connectivity index (χ3n) is 5.69. The third kappa shape index (κ3) is 3.16. The molecule has 0 N–H and O–H groups in total. The molecule has 0 saturated carbocycles. The number of hydrogen-bond acceptors (Lipinski definition) is 6.